The Hall–Kier alpha value is -1.99. The van der Waals surface area contributed by atoms with Crippen molar-refractivity contribution in [3.63, 3.8) is 0 Å². The van der Waals surface area contributed by atoms with Crippen LogP contribution in [-0.4, -0.2) is 38.2 Å². The molecule has 2 atom stereocenters. The van der Waals surface area contributed by atoms with Crippen LogP contribution < -0.4 is 0 Å². The van der Waals surface area contributed by atoms with E-state index in [0.717, 1.165) is 58.6 Å². The zero-order valence-electron chi connectivity index (χ0n) is 18.2. The predicted octanol–water partition coefficient (Wildman–Crippen LogP) is 6.37. The Morgan fingerprint density at radius 2 is 2.09 bits per heavy atom. The Bertz CT molecular complexity index is 1260. The number of hydrogen-bond acceptors (Lipinski definition) is 5. The number of halogens is 2. The fraction of sp³-hybridized carbons (Fsp3) is 0.333. The van der Waals surface area contributed by atoms with E-state index < -0.39 is 0 Å². The first kappa shape index (κ1) is 21.8. The van der Waals surface area contributed by atoms with Crippen LogP contribution in [0.1, 0.15) is 43.6 Å². The molecule has 1 N–H and O–H groups in total. The summed E-state index contributed by atoms with van der Waals surface area (Å²) >= 11 is 14.3. The standard InChI is InChI=1S/C24H24Cl2N4OS/c1-14-18(26)8-9-19-21(14)28-23(27-19)24(3)10-5-11-29(24)30-15(2)32-22(20(30)13-31)16-6-4-7-17(25)12-16/h4,6-9,12-13,15H,5,10-11H2,1-3H3,(H,27,28)/t15-,24?/m0/s1. The molecule has 0 spiro atoms. The molecular weight excluding hydrogens is 463 g/mol. The fourth-order valence-electron chi connectivity index (χ4n) is 4.84. The van der Waals surface area contributed by atoms with E-state index in [1.54, 1.807) is 11.8 Å². The molecular formula is C24H24Cl2N4OS. The summed E-state index contributed by atoms with van der Waals surface area (Å²) in [4.78, 5) is 21.8. The summed E-state index contributed by atoms with van der Waals surface area (Å²) in [6, 6.07) is 11.6. The van der Waals surface area contributed by atoms with E-state index in [4.69, 9.17) is 28.2 Å². The quantitative estimate of drug-likeness (QED) is 0.434. The molecule has 1 saturated heterocycles. The van der Waals surface area contributed by atoms with Gasteiger partial charge in [-0.1, -0.05) is 47.1 Å². The maximum atomic E-state index is 12.3. The third-order valence-corrected chi connectivity index (χ3v) is 8.39. The lowest BCUT2D eigenvalue weighted by molar-refractivity contribution is -0.112. The summed E-state index contributed by atoms with van der Waals surface area (Å²) in [7, 11) is 0. The molecule has 32 heavy (non-hydrogen) atoms. The van der Waals surface area contributed by atoms with Crippen LogP contribution >= 0.6 is 35.0 Å². The minimum Gasteiger partial charge on any atom is -0.340 e. The van der Waals surface area contributed by atoms with E-state index in [9.17, 15) is 4.79 Å². The SMILES string of the molecule is Cc1c(Cl)ccc2[nH]c(C3(C)CCCN3N3C(C=O)=C(c4cccc(Cl)c4)S[C@H]3C)nc12. The number of thioether (sulfide) groups is 1. The van der Waals surface area contributed by atoms with E-state index in [-0.39, 0.29) is 10.9 Å². The Morgan fingerprint density at radius 1 is 1.28 bits per heavy atom. The predicted molar refractivity (Wildman–Crippen MR) is 132 cm³/mol. The highest BCUT2D eigenvalue weighted by Crippen LogP contribution is 2.49. The Balaban J connectivity index is 1.59. The molecule has 2 aliphatic rings. The molecule has 8 heteroatoms. The Labute approximate surface area is 201 Å². The van der Waals surface area contributed by atoms with Gasteiger partial charge in [0, 0.05) is 21.5 Å². The molecule has 3 heterocycles. The van der Waals surface area contributed by atoms with E-state index in [1.807, 2.05) is 43.3 Å². The maximum Gasteiger partial charge on any atom is 0.168 e. The van der Waals surface area contributed by atoms with Crippen LogP contribution in [0.15, 0.2) is 42.1 Å². The normalized spacial score (nSPS) is 24.2. The summed E-state index contributed by atoms with van der Waals surface area (Å²) in [6.45, 7) is 7.17. The number of hydrazine groups is 1. The zero-order valence-corrected chi connectivity index (χ0v) is 20.5. The lowest BCUT2D eigenvalue weighted by Gasteiger charge is -2.43. The first-order chi connectivity index (χ1) is 15.3. The highest BCUT2D eigenvalue weighted by atomic mass is 35.5. The van der Waals surface area contributed by atoms with E-state index in [1.165, 1.54) is 0 Å². The van der Waals surface area contributed by atoms with E-state index in [0.29, 0.717) is 15.7 Å². The lowest BCUT2D eigenvalue weighted by atomic mass is 9.99. The number of benzene rings is 2. The van der Waals surface area contributed by atoms with Crippen molar-refractivity contribution in [2.75, 3.05) is 6.54 Å². The molecule has 3 aromatic rings. The van der Waals surface area contributed by atoms with Crippen LogP contribution in [0.4, 0.5) is 0 Å². The molecule has 0 aliphatic carbocycles. The second kappa shape index (κ2) is 8.10. The zero-order chi connectivity index (χ0) is 22.6. The van der Waals surface area contributed by atoms with Crippen molar-refractivity contribution < 1.29 is 4.79 Å². The number of hydrogen-bond donors (Lipinski definition) is 1. The topological polar surface area (TPSA) is 52.2 Å². The minimum absolute atomic E-state index is 0.0714. The van der Waals surface area contributed by atoms with Crippen molar-refractivity contribution in [1.29, 1.82) is 0 Å². The van der Waals surface area contributed by atoms with Crippen LogP contribution in [0.3, 0.4) is 0 Å². The Kier molecular flexibility index (Phi) is 5.53. The summed E-state index contributed by atoms with van der Waals surface area (Å²) in [6.07, 6.45) is 2.92. The third kappa shape index (κ3) is 3.36. The molecule has 166 valence electrons. The smallest absolute Gasteiger partial charge is 0.168 e. The highest BCUT2D eigenvalue weighted by Gasteiger charge is 2.48. The molecule has 0 bridgehead atoms. The molecule has 2 aliphatic heterocycles. The van der Waals surface area contributed by atoms with Gasteiger partial charge in [-0.3, -0.25) is 9.80 Å². The highest BCUT2D eigenvalue weighted by molar-refractivity contribution is 8.09. The van der Waals surface area contributed by atoms with Gasteiger partial charge >= 0.3 is 0 Å². The van der Waals surface area contributed by atoms with Gasteiger partial charge in [-0.2, -0.15) is 0 Å². The molecule has 5 rings (SSSR count). The monoisotopic (exact) mass is 486 g/mol. The molecule has 5 nitrogen and oxygen atoms in total. The summed E-state index contributed by atoms with van der Waals surface area (Å²) in [5.74, 6) is 0.897. The number of aryl methyl sites for hydroxylation is 1. The molecule has 0 amide bonds. The van der Waals surface area contributed by atoms with Gasteiger partial charge in [0.1, 0.15) is 11.5 Å². The van der Waals surface area contributed by atoms with Crippen LogP contribution in [0.5, 0.6) is 0 Å². The molecule has 0 radical (unpaired) electrons. The molecule has 2 aromatic carbocycles. The molecule has 1 aromatic heterocycles. The number of H-pyrrole nitrogens is 1. The fourth-order valence-corrected chi connectivity index (χ4v) is 6.37. The lowest BCUT2D eigenvalue weighted by Crippen LogP contribution is -2.52. The number of aromatic amines is 1. The van der Waals surface area contributed by atoms with E-state index in [2.05, 4.69) is 28.8 Å². The molecule has 0 saturated carbocycles. The number of rotatable bonds is 4. The first-order valence-corrected chi connectivity index (χ1v) is 12.3. The minimum atomic E-state index is -0.370. The van der Waals surface area contributed by atoms with Gasteiger partial charge in [-0.15, -0.1) is 0 Å². The van der Waals surface area contributed by atoms with Crippen molar-refractivity contribution >= 4 is 57.2 Å². The third-order valence-electron chi connectivity index (χ3n) is 6.53. The number of allylic oxidation sites excluding steroid dienone is 1. The number of nitrogens with zero attached hydrogens (tertiary/aromatic N) is 3. The largest absolute Gasteiger partial charge is 0.340 e. The number of carbonyl (C=O) groups excluding carboxylic acids is 1. The van der Waals surface area contributed by atoms with Gasteiger partial charge < -0.3 is 4.98 Å². The van der Waals surface area contributed by atoms with Crippen molar-refractivity contribution in [2.24, 2.45) is 0 Å². The van der Waals surface area contributed by atoms with Gasteiger partial charge in [-0.25, -0.2) is 9.99 Å². The number of carbonyl (C=O) groups is 1. The number of aldehydes is 1. The van der Waals surface area contributed by atoms with Crippen LogP contribution in [0.25, 0.3) is 15.9 Å². The first-order valence-electron chi connectivity index (χ1n) is 10.7. The number of aromatic nitrogens is 2. The molecule has 1 unspecified atom stereocenters. The summed E-state index contributed by atoms with van der Waals surface area (Å²) in [5.41, 5.74) is 4.12. The van der Waals surface area contributed by atoms with Crippen LogP contribution in [0, 0.1) is 6.92 Å². The van der Waals surface area contributed by atoms with Crippen LogP contribution in [-0.2, 0) is 10.3 Å². The Morgan fingerprint density at radius 3 is 2.84 bits per heavy atom. The van der Waals surface area contributed by atoms with Gasteiger partial charge in [0.25, 0.3) is 0 Å². The summed E-state index contributed by atoms with van der Waals surface area (Å²) < 4.78 is 0. The second-order valence-corrected chi connectivity index (χ2v) is 10.7. The van der Waals surface area contributed by atoms with Crippen molar-refractivity contribution in [3.8, 4) is 0 Å². The second-order valence-electron chi connectivity index (χ2n) is 8.56. The number of imidazole rings is 1. The van der Waals surface area contributed by atoms with Gasteiger partial charge in [0.2, 0.25) is 0 Å². The van der Waals surface area contributed by atoms with Gasteiger partial charge in [0.15, 0.2) is 6.29 Å². The van der Waals surface area contributed by atoms with Crippen molar-refractivity contribution in [3.05, 3.63) is 69.1 Å². The van der Waals surface area contributed by atoms with Gasteiger partial charge in [0.05, 0.1) is 21.9 Å². The average molecular weight is 487 g/mol. The number of nitrogens with one attached hydrogen (secondary N) is 1. The van der Waals surface area contributed by atoms with Crippen LogP contribution in [0.2, 0.25) is 10.0 Å². The van der Waals surface area contributed by atoms with E-state index >= 15 is 0 Å². The maximum absolute atomic E-state index is 12.3. The van der Waals surface area contributed by atoms with Crippen molar-refractivity contribution in [2.45, 2.75) is 44.5 Å². The van der Waals surface area contributed by atoms with Gasteiger partial charge in [-0.05, 0) is 69.0 Å². The van der Waals surface area contributed by atoms with Crippen molar-refractivity contribution in [1.82, 2.24) is 20.0 Å². The molecule has 1 fully saturated rings. The summed E-state index contributed by atoms with van der Waals surface area (Å²) in [5, 5.41) is 5.90. The number of fused-ring (bicyclic) bond motifs is 1. The average Bonchev–Trinajstić information content (AvgIpc) is 3.46.